The number of carbonyl (C=O) groups is 2. The zero-order chi connectivity index (χ0) is 24.1. The number of thioether (sulfide) groups is 1. The molecule has 0 atom stereocenters. The lowest BCUT2D eigenvalue weighted by molar-refractivity contribution is -0.137. The second-order valence-electron chi connectivity index (χ2n) is 8.27. The number of nitrogens with zero attached hydrogens (tertiary/aromatic N) is 2. The van der Waals surface area contributed by atoms with Crippen LogP contribution in [0.4, 0.5) is 13.2 Å². The Bertz CT molecular complexity index is 1170. The minimum atomic E-state index is -4.50. The highest BCUT2D eigenvalue weighted by Gasteiger charge is 2.30. The van der Waals surface area contributed by atoms with Crippen LogP contribution in [0.15, 0.2) is 59.6 Å². The number of hydrogen-bond donors (Lipinski definition) is 1. The van der Waals surface area contributed by atoms with Gasteiger partial charge < -0.3 is 14.8 Å². The lowest BCUT2D eigenvalue weighted by Gasteiger charge is -2.26. The van der Waals surface area contributed by atoms with Crippen LogP contribution in [0.1, 0.15) is 35.2 Å². The van der Waals surface area contributed by atoms with Gasteiger partial charge in [-0.05, 0) is 43.5 Å². The van der Waals surface area contributed by atoms with Crippen molar-refractivity contribution in [1.82, 2.24) is 14.8 Å². The Morgan fingerprint density at radius 1 is 1.00 bits per heavy atom. The van der Waals surface area contributed by atoms with Gasteiger partial charge in [-0.2, -0.15) is 13.2 Å². The first kappa shape index (κ1) is 24.2. The first-order chi connectivity index (χ1) is 16.3. The normalized spacial score (nSPS) is 14.4. The summed E-state index contributed by atoms with van der Waals surface area (Å²) in [7, 11) is 0. The van der Waals surface area contributed by atoms with Gasteiger partial charge in [-0.1, -0.05) is 24.3 Å². The number of benzene rings is 2. The van der Waals surface area contributed by atoms with Gasteiger partial charge in [-0.25, -0.2) is 0 Å². The molecule has 1 fully saturated rings. The number of carbonyl (C=O) groups excluding carboxylic acids is 2. The number of piperidine rings is 1. The van der Waals surface area contributed by atoms with E-state index in [2.05, 4.69) is 5.32 Å². The molecule has 1 saturated heterocycles. The number of likely N-dealkylation sites (tertiary alicyclic amines) is 1. The molecule has 4 rings (SSSR count). The van der Waals surface area contributed by atoms with Crippen molar-refractivity contribution in [2.24, 2.45) is 0 Å². The molecule has 34 heavy (non-hydrogen) atoms. The molecule has 0 unspecified atom stereocenters. The van der Waals surface area contributed by atoms with Crippen LogP contribution in [-0.4, -0.2) is 46.7 Å². The van der Waals surface area contributed by atoms with Crippen LogP contribution in [0, 0.1) is 0 Å². The average Bonchev–Trinajstić information content (AvgIpc) is 3.20. The molecule has 2 heterocycles. The van der Waals surface area contributed by atoms with E-state index in [0.717, 1.165) is 53.9 Å². The van der Waals surface area contributed by atoms with E-state index in [-0.39, 0.29) is 18.0 Å². The topological polar surface area (TPSA) is 54.3 Å². The van der Waals surface area contributed by atoms with Crippen molar-refractivity contribution in [3.8, 4) is 0 Å². The number of para-hydroxylation sites is 1. The van der Waals surface area contributed by atoms with Crippen LogP contribution >= 0.6 is 11.8 Å². The fraction of sp³-hybridized carbons (Fsp3) is 0.360. The Labute approximate surface area is 200 Å². The Kier molecular flexibility index (Phi) is 7.50. The van der Waals surface area contributed by atoms with Crippen LogP contribution in [0.25, 0.3) is 10.9 Å². The summed E-state index contributed by atoms with van der Waals surface area (Å²) in [5, 5.41) is 3.73. The number of halogens is 3. The van der Waals surface area contributed by atoms with Gasteiger partial charge >= 0.3 is 6.18 Å². The monoisotopic (exact) mass is 489 g/mol. The summed E-state index contributed by atoms with van der Waals surface area (Å²) in [6.45, 7) is 2.36. The summed E-state index contributed by atoms with van der Waals surface area (Å²) in [4.78, 5) is 27.9. The van der Waals surface area contributed by atoms with Gasteiger partial charge in [0, 0.05) is 53.7 Å². The molecule has 0 bridgehead atoms. The highest BCUT2D eigenvalue weighted by molar-refractivity contribution is 8.00. The number of fused-ring (bicyclic) bond motifs is 1. The molecule has 1 N–H and O–H groups in total. The molecule has 0 spiro atoms. The Morgan fingerprint density at radius 3 is 2.53 bits per heavy atom. The highest BCUT2D eigenvalue weighted by atomic mass is 32.2. The standard InChI is InChI=1S/C25H26F3N3O2S/c26-25(27,28)19-8-6-7-18(15-19)24(33)29-11-14-31-16-22(20-9-2-3-10-21(20)31)34-17-23(32)30-12-4-1-5-13-30/h2-3,6-10,15-16H,1,4-5,11-14,17H2,(H,29,33). The van der Waals surface area contributed by atoms with Gasteiger partial charge in [-0.3, -0.25) is 9.59 Å². The minimum Gasteiger partial charge on any atom is -0.350 e. The maximum Gasteiger partial charge on any atom is 0.416 e. The molecule has 0 aliphatic carbocycles. The zero-order valence-corrected chi connectivity index (χ0v) is 19.4. The van der Waals surface area contributed by atoms with Crippen LogP contribution in [0.2, 0.25) is 0 Å². The van der Waals surface area contributed by atoms with Crippen LogP contribution in [-0.2, 0) is 17.5 Å². The summed E-state index contributed by atoms with van der Waals surface area (Å²) in [6, 6.07) is 12.2. The zero-order valence-electron chi connectivity index (χ0n) is 18.6. The Hall–Kier alpha value is -2.94. The van der Waals surface area contributed by atoms with Crippen molar-refractivity contribution in [3.63, 3.8) is 0 Å². The number of alkyl halides is 3. The third-order valence-electron chi connectivity index (χ3n) is 5.90. The van der Waals surface area contributed by atoms with Gasteiger partial charge in [0.1, 0.15) is 0 Å². The maximum atomic E-state index is 12.9. The summed E-state index contributed by atoms with van der Waals surface area (Å²) in [5.74, 6) is -0.0283. The maximum absolute atomic E-state index is 12.9. The predicted molar refractivity (Wildman–Crippen MR) is 127 cm³/mol. The van der Waals surface area contributed by atoms with Crippen molar-refractivity contribution in [1.29, 1.82) is 0 Å². The summed E-state index contributed by atoms with van der Waals surface area (Å²) >= 11 is 1.51. The molecule has 2 amide bonds. The molecule has 1 aliphatic heterocycles. The molecule has 1 aliphatic rings. The lowest BCUT2D eigenvalue weighted by atomic mass is 10.1. The molecular weight excluding hydrogens is 463 g/mol. The number of rotatable bonds is 7. The van der Waals surface area contributed by atoms with Crippen LogP contribution in [0.3, 0.4) is 0 Å². The predicted octanol–water partition coefficient (Wildman–Crippen LogP) is 5.19. The molecule has 9 heteroatoms. The van der Waals surface area contributed by atoms with Gasteiger partial charge in [-0.15, -0.1) is 11.8 Å². The second kappa shape index (κ2) is 10.5. The van der Waals surface area contributed by atoms with Crippen LogP contribution in [0.5, 0.6) is 0 Å². The van der Waals surface area contributed by atoms with E-state index in [1.54, 1.807) is 0 Å². The average molecular weight is 490 g/mol. The van der Waals surface area contributed by atoms with Crippen molar-refractivity contribution in [2.45, 2.75) is 36.9 Å². The summed E-state index contributed by atoms with van der Waals surface area (Å²) in [6.07, 6.45) is 0.762. The van der Waals surface area contributed by atoms with E-state index < -0.39 is 17.6 Å². The van der Waals surface area contributed by atoms with Crippen LogP contribution < -0.4 is 5.32 Å². The second-order valence-corrected chi connectivity index (χ2v) is 9.29. The fourth-order valence-electron chi connectivity index (χ4n) is 4.12. The van der Waals surface area contributed by atoms with E-state index in [1.165, 1.54) is 30.3 Å². The largest absolute Gasteiger partial charge is 0.416 e. The lowest BCUT2D eigenvalue weighted by Crippen LogP contribution is -2.36. The van der Waals surface area contributed by atoms with Crippen molar-refractivity contribution < 1.29 is 22.8 Å². The molecule has 1 aromatic heterocycles. The van der Waals surface area contributed by atoms with Crippen molar-refractivity contribution in [2.75, 3.05) is 25.4 Å². The molecule has 0 radical (unpaired) electrons. The number of aromatic nitrogens is 1. The Balaban J connectivity index is 1.39. The fourth-order valence-corrected chi connectivity index (χ4v) is 5.11. The highest BCUT2D eigenvalue weighted by Crippen LogP contribution is 2.31. The first-order valence-corrected chi connectivity index (χ1v) is 12.3. The third kappa shape index (κ3) is 5.75. The van der Waals surface area contributed by atoms with E-state index >= 15 is 0 Å². The molecular formula is C25H26F3N3O2S. The number of amides is 2. The van der Waals surface area contributed by atoms with E-state index in [1.807, 2.05) is 39.9 Å². The van der Waals surface area contributed by atoms with Crippen molar-refractivity contribution >= 4 is 34.5 Å². The van der Waals surface area contributed by atoms with Gasteiger partial charge in [0.05, 0.1) is 11.3 Å². The SMILES string of the molecule is O=C(NCCn1cc(SCC(=O)N2CCCCC2)c2ccccc21)c1cccc(C(F)(F)F)c1. The summed E-state index contributed by atoms with van der Waals surface area (Å²) in [5.41, 5.74) is 0.0979. The van der Waals surface area contributed by atoms with Gasteiger partial charge in [0.15, 0.2) is 0 Å². The summed E-state index contributed by atoms with van der Waals surface area (Å²) < 4.78 is 40.7. The molecule has 3 aromatic rings. The Morgan fingerprint density at radius 2 is 1.76 bits per heavy atom. The molecule has 2 aromatic carbocycles. The molecule has 180 valence electrons. The van der Waals surface area contributed by atoms with Gasteiger partial charge in [0.25, 0.3) is 5.91 Å². The third-order valence-corrected chi connectivity index (χ3v) is 6.93. The molecule has 0 saturated carbocycles. The number of nitrogens with one attached hydrogen (secondary N) is 1. The minimum absolute atomic E-state index is 0.0281. The van der Waals surface area contributed by atoms with E-state index in [0.29, 0.717) is 12.3 Å². The number of hydrogen-bond acceptors (Lipinski definition) is 3. The van der Waals surface area contributed by atoms with E-state index in [9.17, 15) is 22.8 Å². The van der Waals surface area contributed by atoms with Gasteiger partial charge in [0.2, 0.25) is 5.91 Å². The quantitative estimate of drug-likeness (QED) is 0.465. The smallest absolute Gasteiger partial charge is 0.350 e. The van der Waals surface area contributed by atoms with Crippen molar-refractivity contribution in [3.05, 3.63) is 65.9 Å². The first-order valence-electron chi connectivity index (χ1n) is 11.3. The van der Waals surface area contributed by atoms with E-state index in [4.69, 9.17) is 0 Å². The molecule has 5 nitrogen and oxygen atoms in total.